The van der Waals surface area contributed by atoms with Crippen molar-refractivity contribution in [2.45, 2.75) is 32.9 Å². The fourth-order valence-corrected chi connectivity index (χ4v) is 4.20. The number of pyridine rings is 1. The number of nitrogens with zero attached hydrogens (tertiary/aromatic N) is 3. The average molecular weight is 435 g/mol. The Morgan fingerprint density at radius 1 is 1.16 bits per heavy atom. The van der Waals surface area contributed by atoms with E-state index >= 15 is 0 Å². The SMILES string of the molecule is CC(C)OCCCNC(=O)c1nn(Cc2ccccc2)c2nccc(-c3cccs3)c12. The zero-order valence-corrected chi connectivity index (χ0v) is 18.6. The van der Waals surface area contributed by atoms with Crippen molar-refractivity contribution in [1.29, 1.82) is 0 Å². The second-order valence-corrected chi connectivity index (χ2v) is 8.50. The first kappa shape index (κ1) is 21.2. The lowest BCUT2D eigenvalue weighted by Gasteiger charge is -2.08. The van der Waals surface area contributed by atoms with Gasteiger partial charge in [-0.15, -0.1) is 11.3 Å². The van der Waals surface area contributed by atoms with Crippen LogP contribution in [0.15, 0.2) is 60.1 Å². The number of hydrogen-bond donors (Lipinski definition) is 1. The first-order valence-corrected chi connectivity index (χ1v) is 11.3. The average Bonchev–Trinajstić information content (AvgIpc) is 3.43. The van der Waals surface area contributed by atoms with Crippen molar-refractivity contribution in [2.75, 3.05) is 13.2 Å². The summed E-state index contributed by atoms with van der Waals surface area (Å²) in [5, 5.41) is 10.5. The van der Waals surface area contributed by atoms with Gasteiger partial charge in [-0.3, -0.25) is 4.79 Å². The highest BCUT2D eigenvalue weighted by atomic mass is 32.1. The number of aromatic nitrogens is 3. The molecule has 0 aliphatic carbocycles. The molecule has 0 unspecified atom stereocenters. The van der Waals surface area contributed by atoms with Gasteiger partial charge >= 0.3 is 0 Å². The highest BCUT2D eigenvalue weighted by Crippen LogP contribution is 2.33. The summed E-state index contributed by atoms with van der Waals surface area (Å²) in [5.74, 6) is -0.188. The Bertz CT molecular complexity index is 1140. The number of carbonyl (C=O) groups excluding carboxylic acids is 1. The lowest BCUT2D eigenvalue weighted by Crippen LogP contribution is -2.26. The van der Waals surface area contributed by atoms with Crippen molar-refractivity contribution in [3.63, 3.8) is 0 Å². The number of thiophene rings is 1. The van der Waals surface area contributed by atoms with Crippen LogP contribution in [-0.2, 0) is 11.3 Å². The number of carbonyl (C=O) groups is 1. The summed E-state index contributed by atoms with van der Waals surface area (Å²) >= 11 is 1.64. The van der Waals surface area contributed by atoms with Crippen LogP contribution in [0.25, 0.3) is 21.5 Å². The summed E-state index contributed by atoms with van der Waals surface area (Å²) < 4.78 is 7.38. The molecule has 160 valence electrons. The number of rotatable bonds is 9. The van der Waals surface area contributed by atoms with Gasteiger partial charge in [0.1, 0.15) is 0 Å². The second kappa shape index (κ2) is 9.85. The summed E-state index contributed by atoms with van der Waals surface area (Å²) in [6.07, 6.45) is 2.72. The van der Waals surface area contributed by atoms with E-state index in [0.717, 1.165) is 27.8 Å². The van der Waals surface area contributed by atoms with Gasteiger partial charge in [-0.1, -0.05) is 36.4 Å². The molecule has 1 aromatic carbocycles. The van der Waals surface area contributed by atoms with E-state index < -0.39 is 0 Å². The molecule has 0 bridgehead atoms. The van der Waals surface area contributed by atoms with E-state index in [2.05, 4.69) is 16.4 Å². The molecular weight excluding hydrogens is 408 g/mol. The maximum Gasteiger partial charge on any atom is 0.272 e. The molecule has 4 rings (SSSR count). The van der Waals surface area contributed by atoms with Gasteiger partial charge in [-0.25, -0.2) is 9.67 Å². The zero-order valence-electron chi connectivity index (χ0n) is 17.7. The lowest BCUT2D eigenvalue weighted by molar-refractivity contribution is 0.0756. The first-order valence-electron chi connectivity index (χ1n) is 10.5. The molecule has 1 amide bonds. The second-order valence-electron chi connectivity index (χ2n) is 7.56. The Hall–Kier alpha value is -3.03. The number of ether oxygens (including phenoxy) is 1. The third kappa shape index (κ3) is 5.00. The molecule has 3 aromatic heterocycles. The molecule has 0 radical (unpaired) electrons. The number of benzene rings is 1. The van der Waals surface area contributed by atoms with Crippen molar-refractivity contribution in [3.05, 3.63) is 71.4 Å². The van der Waals surface area contributed by atoms with Crippen molar-refractivity contribution in [3.8, 4) is 10.4 Å². The van der Waals surface area contributed by atoms with E-state index in [1.54, 1.807) is 17.5 Å². The van der Waals surface area contributed by atoms with Gasteiger partial charge in [0.25, 0.3) is 5.91 Å². The normalized spacial score (nSPS) is 11.3. The summed E-state index contributed by atoms with van der Waals surface area (Å²) in [4.78, 5) is 18.8. The van der Waals surface area contributed by atoms with Crippen LogP contribution < -0.4 is 5.32 Å². The minimum atomic E-state index is -0.188. The summed E-state index contributed by atoms with van der Waals surface area (Å²) in [6.45, 7) is 5.70. The van der Waals surface area contributed by atoms with E-state index in [4.69, 9.17) is 9.84 Å². The summed E-state index contributed by atoms with van der Waals surface area (Å²) in [5.41, 5.74) is 3.20. The first-order chi connectivity index (χ1) is 15.1. The monoisotopic (exact) mass is 434 g/mol. The Kier molecular flexibility index (Phi) is 6.74. The Labute approximate surface area is 185 Å². The van der Waals surface area contributed by atoms with Crippen LogP contribution in [0.1, 0.15) is 36.3 Å². The molecule has 1 N–H and O–H groups in total. The predicted octanol–water partition coefficient (Wildman–Crippen LogP) is 4.75. The number of hydrogen-bond acceptors (Lipinski definition) is 5. The quantitative estimate of drug-likeness (QED) is 0.386. The van der Waals surface area contributed by atoms with Gasteiger partial charge in [0.05, 0.1) is 18.0 Å². The number of amides is 1. The van der Waals surface area contributed by atoms with Gasteiger partial charge in [0, 0.05) is 29.8 Å². The van der Waals surface area contributed by atoms with E-state index in [9.17, 15) is 4.79 Å². The van der Waals surface area contributed by atoms with Crippen molar-refractivity contribution >= 4 is 28.3 Å². The third-order valence-corrected chi connectivity index (χ3v) is 5.77. The fraction of sp³-hybridized carbons (Fsp3) is 0.292. The van der Waals surface area contributed by atoms with E-state index in [1.807, 2.05) is 66.4 Å². The molecule has 6 nitrogen and oxygen atoms in total. The summed E-state index contributed by atoms with van der Waals surface area (Å²) in [6, 6.07) is 16.1. The minimum absolute atomic E-state index is 0.188. The highest BCUT2D eigenvalue weighted by Gasteiger charge is 2.22. The van der Waals surface area contributed by atoms with Crippen molar-refractivity contribution in [1.82, 2.24) is 20.1 Å². The van der Waals surface area contributed by atoms with Gasteiger partial charge in [0.15, 0.2) is 11.3 Å². The van der Waals surface area contributed by atoms with E-state index in [1.165, 1.54) is 0 Å². The molecule has 0 aliphatic rings. The molecule has 0 fully saturated rings. The van der Waals surface area contributed by atoms with E-state index in [-0.39, 0.29) is 12.0 Å². The molecule has 4 aromatic rings. The fourth-order valence-electron chi connectivity index (χ4n) is 3.44. The molecule has 0 saturated heterocycles. The Morgan fingerprint density at radius 3 is 2.74 bits per heavy atom. The van der Waals surface area contributed by atoms with Crippen molar-refractivity contribution < 1.29 is 9.53 Å². The van der Waals surface area contributed by atoms with Gasteiger partial charge in [-0.05, 0) is 43.3 Å². The molecule has 0 atom stereocenters. The molecule has 31 heavy (non-hydrogen) atoms. The minimum Gasteiger partial charge on any atom is -0.379 e. The van der Waals surface area contributed by atoms with Crippen LogP contribution in [-0.4, -0.2) is 39.9 Å². The number of fused-ring (bicyclic) bond motifs is 1. The smallest absolute Gasteiger partial charge is 0.272 e. The predicted molar refractivity (Wildman–Crippen MR) is 124 cm³/mol. The third-order valence-electron chi connectivity index (χ3n) is 4.87. The zero-order chi connectivity index (χ0) is 21.6. The van der Waals surface area contributed by atoms with Crippen LogP contribution in [0, 0.1) is 0 Å². The van der Waals surface area contributed by atoms with Crippen LogP contribution >= 0.6 is 11.3 Å². The molecular formula is C24H26N4O2S. The molecule has 3 heterocycles. The summed E-state index contributed by atoms with van der Waals surface area (Å²) in [7, 11) is 0. The van der Waals surface area contributed by atoms with Crippen LogP contribution in [0.3, 0.4) is 0 Å². The topological polar surface area (TPSA) is 69.0 Å². The van der Waals surface area contributed by atoms with Crippen LogP contribution in [0.5, 0.6) is 0 Å². The van der Waals surface area contributed by atoms with Crippen molar-refractivity contribution in [2.24, 2.45) is 0 Å². The van der Waals surface area contributed by atoms with Crippen LogP contribution in [0.2, 0.25) is 0 Å². The molecule has 0 spiro atoms. The van der Waals surface area contributed by atoms with Gasteiger partial charge in [0.2, 0.25) is 0 Å². The maximum absolute atomic E-state index is 13.1. The maximum atomic E-state index is 13.1. The molecule has 0 saturated carbocycles. The van der Waals surface area contributed by atoms with E-state index in [0.29, 0.717) is 31.0 Å². The Balaban J connectivity index is 1.67. The van der Waals surface area contributed by atoms with Gasteiger partial charge < -0.3 is 10.1 Å². The molecule has 7 heteroatoms. The Morgan fingerprint density at radius 2 is 2.00 bits per heavy atom. The molecule has 0 aliphatic heterocycles. The largest absolute Gasteiger partial charge is 0.379 e. The standard InChI is InChI=1S/C24H26N4O2S/c1-17(2)30-14-7-12-26-24(29)22-21-19(20-10-6-15-31-20)11-13-25-23(21)28(27-22)16-18-8-4-3-5-9-18/h3-6,8-11,13,15,17H,7,12,14,16H2,1-2H3,(H,26,29). The number of nitrogens with one attached hydrogen (secondary N) is 1. The van der Waals surface area contributed by atoms with Gasteiger partial charge in [-0.2, -0.15) is 5.10 Å². The lowest BCUT2D eigenvalue weighted by atomic mass is 10.1. The van der Waals surface area contributed by atoms with Crippen LogP contribution in [0.4, 0.5) is 0 Å². The highest BCUT2D eigenvalue weighted by molar-refractivity contribution is 7.13.